The fourth-order valence-corrected chi connectivity index (χ4v) is 1.70. The van der Waals surface area contributed by atoms with Crippen LogP contribution < -0.4 is 5.73 Å². The van der Waals surface area contributed by atoms with Gasteiger partial charge >= 0.3 is 0 Å². The van der Waals surface area contributed by atoms with E-state index in [1.165, 1.54) is 12.1 Å². The van der Waals surface area contributed by atoms with Crippen molar-refractivity contribution < 1.29 is 4.39 Å². The third-order valence-electron chi connectivity index (χ3n) is 2.57. The summed E-state index contributed by atoms with van der Waals surface area (Å²) in [6.07, 6.45) is 1.83. The summed E-state index contributed by atoms with van der Waals surface area (Å²) >= 11 is 0. The van der Waals surface area contributed by atoms with E-state index in [0.717, 1.165) is 5.65 Å². The highest BCUT2D eigenvalue weighted by molar-refractivity contribution is 5.62. The molecule has 2 heterocycles. The quantitative estimate of drug-likeness (QED) is 0.649. The van der Waals surface area contributed by atoms with Crippen LogP contribution in [0.5, 0.6) is 0 Å². The summed E-state index contributed by atoms with van der Waals surface area (Å²) < 4.78 is 15.2. The zero-order valence-electron chi connectivity index (χ0n) is 8.84. The van der Waals surface area contributed by atoms with Crippen LogP contribution in [0.25, 0.3) is 17.0 Å². The van der Waals surface area contributed by atoms with E-state index in [9.17, 15) is 4.39 Å². The molecule has 5 heteroatoms. The molecule has 0 radical (unpaired) electrons. The minimum atomic E-state index is -0.449. The number of nitrogens with zero attached hydrogens (tertiary/aromatic N) is 3. The normalized spacial score (nSPS) is 10.9. The molecule has 0 amide bonds. The fourth-order valence-electron chi connectivity index (χ4n) is 1.70. The van der Waals surface area contributed by atoms with E-state index in [4.69, 9.17) is 5.73 Å². The molecule has 0 unspecified atom stereocenters. The van der Waals surface area contributed by atoms with Crippen LogP contribution in [0.3, 0.4) is 0 Å². The van der Waals surface area contributed by atoms with E-state index in [-0.39, 0.29) is 5.69 Å². The van der Waals surface area contributed by atoms with Crippen molar-refractivity contribution in [2.24, 2.45) is 0 Å². The van der Waals surface area contributed by atoms with E-state index in [1.807, 2.05) is 24.4 Å². The largest absolute Gasteiger partial charge is 0.396 e. The smallest absolute Gasteiger partial charge is 0.168 e. The van der Waals surface area contributed by atoms with Crippen LogP contribution in [0.1, 0.15) is 0 Å². The summed E-state index contributed by atoms with van der Waals surface area (Å²) in [4.78, 5) is 0. The molecule has 1 aromatic carbocycles. The van der Waals surface area contributed by atoms with Crippen molar-refractivity contribution in [2.75, 3.05) is 5.73 Å². The number of nitrogen functional groups attached to an aromatic ring is 1. The van der Waals surface area contributed by atoms with Crippen molar-refractivity contribution in [2.45, 2.75) is 0 Å². The fraction of sp³-hybridized carbons (Fsp3) is 0. The Hall–Kier alpha value is -2.43. The Bertz CT molecular complexity index is 690. The van der Waals surface area contributed by atoms with Crippen LogP contribution in [0, 0.1) is 5.82 Å². The van der Waals surface area contributed by atoms with Gasteiger partial charge in [0.2, 0.25) is 0 Å². The van der Waals surface area contributed by atoms with Crippen molar-refractivity contribution in [3.63, 3.8) is 0 Å². The highest BCUT2D eigenvalue weighted by Crippen LogP contribution is 2.21. The zero-order chi connectivity index (χ0) is 11.8. The Labute approximate surface area is 96.5 Å². The number of rotatable bonds is 1. The number of anilines is 1. The second kappa shape index (κ2) is 3.55. The van der Waals surface area contributed by atoms with Gasteiger partial charge in [0.05, 0.1) is 5.69 Å². The average molecular weight is 228 g/mol. The lowest BCUT2D eigenvalue weighted by molar-refractivity contribution is 0.633. The summed E-state index contributed by atoms with van der Waals surface area (Å²) in [6.45, 7) is 0. The van der Waals surface area contributed by atoms with Crippen molar-refractivity contribution in [1.29, 1.82) is 0 Å². The molecule has 0 fully saturated rings. The molecule has 0 aliphatic heterocycles. The lowest BCUT2D eigenvalue weighted by Crippen LogP contribution is -1.93. The maximum atomic E-state index is 13.4. The number of halogens is 1. The summed E-state index contributed by atoms with van der Waals surface area (Å²) in [5.74, 6) is 0.148. The summed E-state index contributed by atoms with van der Waals surface area (Å²) in [7, 11) is 0. The summed E-state index contributed by atoms with van der Waals surface area (Å²) in [6, 6.07) is 10.2. The van der Waals surface area contributed by atoms with Gasteiger partial charge in [0.25, 0.3) is 0 Å². The van der Waals surface area contributed by atoms with Crippen LogP contribution >= 0.6 is 0 Å². The summed E-state index contributed by atoms with van der Waals surface area (Å²) in [5, 5.41) is 8.05. The second-order valence-corrected chi connectivity index (χ2v) is 3.69. The maximum Gasteiger partial charge on any atom is 0.168 e. The van der Waals surface area contributed by atoms with E-state index in [1.54, 1.807) is 10.5 Å². The number of nitrogens with two attached hydrogens (primary N) is 1. The Morgan fingerprint density at radius 2 is 2.00 bits per heavy atom. The van der Waals surface area contributed by atoms with Crippen LogP contribution in [-0.4, -0.2) is 14.6 Å². The minimum absolute atomic E-state index is 0.127. The average Bonchev–Trinajstić information content (AvgIpc) is 2.76. The zero-order valence-corrected chi connectivity index (χ0v) is 8.84. The van der Waals surface area contributed by atoms with Gasteiger partial charge < -0.3 is 5.73 Å². The highest BCUT2D eigenvalue weighted by atomic mass is 19.1. The molecule has 3 rings (SSSR count). The first kappa shape index (κ1) is 9.77. The van der Waals surface area contributed by atoms with Gasteiger partial charge in [0.1, 0.15) is 5.82 Å². The molecule has 2 aromatic heterocycles. The molecule has 0 saturated carbocycles. The topological polar surface area (TPSA) is 56.2 Å². The molecular weight excluding hydrogens is 219 g/mol. The predicted octanol–water partition coefficient (Wildman–Crippen LogP) is 2.12. The molecular formula is C12H9FN4. The number of hydrogen-bond acceptors (Lipinski definition) is 3. The predicted molar refractivity (Wildman–Crippen MR) is 62.8 cm³/mol. The molecule has 4 nitrogen and oxygen atoms in total. The van der Waals surface area contributed by atoms with Crippen LogP contribution in [0.2, 0.25) is 0 Å². The first-order valence-electron chi connectivity index (χ1n) is 5.11. The highest BCUT2D eigenvalue weighted by Gasteiger charge is 2.09. The molecule has 0 aliphatic carbocycles. The third-order valence-corrected chi connectivity index (χ3v) is 2.57. The molecule has 3 aromatic rings. The van der Waals surface area contributed by atoms with Crippen LogP contribution in [0.4, 0.5) is 10.1 Å². The molecule has 0 bridgehead atoms. The minimum Gasteiger partial charge on any atom is -0.396 e. The third kappa shape index (κ3) is 1.52. The van der Waals surface area contributed by atoms with Gasteiger partial charge in [-0.25, -0.2) is 4.39 Å². The molecule has 84 valence electrons. The molecule has 0 aliphatic rings. The number of aromatic nitrogens is 3. The van der Waals surface area contributed by atoms with Gasteiger partial charge in [-0.1, -0.05) is 6.07 Å². The standard InChI is InChI=1S/C12H9FN4/c13-9-7-8(4-5-10(9)14)12-16-15-11-3-1-2-6-17(11)12/h1-7H,14H2. The van der Waals surface area contributed by atoms with Gasteiger partial charge in [-0.15, -0.1) is 10.2 Å². The lowest BCUT2D eigenvalue weighted by atomic mass is 10.2. The van der Waals surface area contributed by atoms with Gasteiger partial charge in [0.15, 0.2) is 11.5 Å². The Kier molecular flexibility index (Phi) is 2.04. The van der Waals surface area contributed by atoms with E-state index in [0.29, 0.717) is 11.4 Å². The Morgan fingerprint density at radius 3 is 2.82 bits per heavy atom. The molecule has 0 spiro atoms. The van der Waals surface area contributed by atoms with Gasteiger partial charge in [-0.2, -0.15) is 0 Å². The number of benzene rings is 1. The Balaban J connectivity index is 2.24. The van der Waals surface area contributed by atoms with Crippen molar-refractivity contribution >= 4 is 11.3 Å². The number of hydrogen-bond donors (Lipinski definition) is 1. The molecule has 0 atom stereocenters. The molecule has 2 N–H and O–H groups in total. The first-order valence-corrected chi connectivity index (χ1v) is 5.11. The van der Waals surface area contributed by atoms with Crippen molar-refractivity contribution in [1.82, 2.24) is 14.6 Å². The van der Waals surface area contributed by atoms with Crippen LogP contribution in [-0.2, 0) is 0 Å². The Morgan fingerprint density at radius 1 is 1.12 bits per heavy atom. The van der Waals surface area contributed by atoms with Crippen LogP contribution in [0.15, 0.2) is 42.6 Å². The maximum absolute atomic E-state index is 13.4. The lowest BCUT2D eigenvalue weighted by Gasteiger charge is -2.01. The molecule has 17 heavy (non-hydrogen) atoms. The van der Waals surface area contributed by atoms with E-state index in [2.05, 4.69) is 10.2 Å². The monoisotopic (exact) mass is 228 g/mol. The van der Waals surface area contributed by atoms with Gasteiger partial charge in [0, 0.05) is 11.8 Å². The van der Waals surface area contributed by atoms with Gasteiger partial charge in [-0.05, 0) is 30.3 Å². The number of fused-ring (bicyclic) bond motifs is 1. The SMILES string of the molecule is Nc1ccc(-c2nnc3ccccn23)cc1F. The van der Waals surface area contributed by atoms with Gasteiger partial charge in [-0.3, -0.25) is 4.40 Å². The molecule has 0 saturated heterocycles. The second-order valence-electron chi connectivity index (χ2n) is 3.69. The first-order chi connectivity index (χ1) is 8.25. The summed E-state index contributed by atoms with van der Waals surface area (Å²) in [5.41, 5.74) is 6.93. The van der Waals surface area contributed by atoms with Crippen molar-refractivity contribution in [3.05, 3.63) is 48.4 Å². The van der Waals surface area contributed by atoms with E-state index < -0.39 is 5.82 Å². The van der Waals surface area contributed by atoms with E-state index >= 15 is 0 Å². The van der Waals surface area contributed by atoms with Crippen molar-refractivity contribution in [3.8, 4) is 11.4 Å². The number of pyridine rings is 1.